The average molecular weight is 477 g/mol. The average Bonchev–Trinajstić information content (AvgIpc) is 3.11. The maximum Gasteiger partial charge on any atom is 0.306 e. The number of hydrogen-bond acceptors (Lipinski definition) is 7. The highest BCUT2D eigenvalue weighted by atomic mass is 32.2. The second-order valence-electron chi connectivity index (χ2n) is 7.74. The molecule has 0 spiro atoms. The summed E-state index contributed by atoms with van der Waals surface area (Å²) in [6, 6.07) is 3.17. The highest BCUT2D eigenvalue weighted by Gasteiger charge is 2.24. The number of nitro groups is 1. The molecule has 0 fully saturated rings. The van der Waals surface area contributed by atoms with Gasteiger partial charge in [0.1, 0.15) is 4.83 Å². The molecular weight excluding hydrogens is 455 g/mol. The lowest BCUT2D eigenvalue weighted by Crippen LogP contribution is -2.24. The molecule has 0 radical (unpaired) electrons. The van der Waals surface area contributed by atoms with Gasteiger partial charge in [0.2, 0.25) is 11.7 Å². The lowest BCUT2D eigenvalue weighted by Gasteiger charge is -2.17. The van der Waals surface area contributed by atoms with Crippen LogP contribution in [0.3, 0.4) is 0 Å². The second-order valence-corrected chi connectivity index (χ2v) is 9.76. The first kappa shape index (κ1) is 22.4. The zero-order valence-electron chi connectivity index (χ0n) is 17.5. The van der Waals surface area contributed by atoms with E-state index in [-0.39, 0.29) is 17.0 Å². The number of aromatic nitrogens is 2. The van der Waals surface area contributed by atoms with Gasteiger partial charge in [0.25, 0.3) is 5.56 Å². The summed E-state index contributed by atoms with van der Waals surface area (Å²) in [5.74, 6) is -0.874. The second kappa shape index (κ2) is 8.99. The minimum atomic E-state index is -0.972. The third-order valence-electron chi connectivity index (χ3n) is 5.46. The van der Waals surface area contributed by atoms with Gasteiger partial charge in [-0.05, 0) is 49.8 Å². The quantitative estimate of drug-likeness (QED) is 0.245. The van der Waals surface area contributed by atoms with Crippen molar-refractivity contribution in [2.75, 3.05) is 11.1 Å². The Balaban J connectivity index is 1.55. The van der Waals surface area contributed by atoms with Crippen molar-refractivity contribution in [2.24, 2.45) is 5.92 Å². The van der Waals surface area contributed by atoms with Crippen LogP contribution in [0.2, 0.25) is 0 Å². The number of rotatable bonds is 6. The van der Waals surface area contributed by atoms with E-state index >= 15 is 0 Å². The number of anilines is 1. The predicted molar refractivity (Wildman–Crippen MR) is 123 cm³/mol. The van der Waals surface area contributed by atoms with E-state index in [1.54, 1.807) is 15.9 Å². The van der Waals surface area contributed by atoms with E-state index in [1.165, 1.54) is 10.9 Å². The largest absolute Gasteiger partial charge is 0.325 e. The van der Waals surface area contributed by atoms with Gasteiger partial charge in [-0.3, -0.25) is 24.3 Å². The van der Waals surface area contributed by atoms with Gasteiger partial charge in [0.15, 0.2) is 5.16 Å². The summed E-state index contributed by atoms with van der Waals surface area (Å²) in [4.78, 5) is 42.2. The monoisotopic (exact) mass is 476 g/mol. The third-order valence-corrected chi connectivity index (χ3v) is 7.58. The number of aryl methyl sites for hydroxylation is 1. The van der Waals surface area contributed by atoms with Crippen molar-refractivity contribution in [2.45, 2.75) is 44.8 Å². The Labute approximate surface area is 191 Å². The van der Waals surface area contributed by atoms with Crippen molar-refractivity contribution >= 4 is 50.6 Å². The first-order valence-corrected chi connectivity index (χ1v) is 12.0. The zero-order chi connectivity index (χ0) is 23.0. The number of nitrogens with one attached hydrogen (secondary N) is 1. The number of amides is 1. The van der Waals surface area contributed by atoms with Gasteiger partial charge in [0, 0.05) is 23.2 Å². The lowest BCUT2D eigenvalue weighted by molar-refractivity contribution is -0.387. The molecule has 4 rings (SSSR count). The summed E-state index contributed by atoms with van der Waals surface area (Å²) in [5.41, 5.74) is 0.454. The van der Waals surface area contributed by atoms with Crippen LogP contribution in [0.4, 0.5) is 15.8 Å². The molecule has 0 bridgehead atoms. The van der Waals surface area contributed by atoms with E-state index < -0.39 is 22.3 Å². The maximum atomic E-state index is 13.5. The first-order valence-electron chi connectivity index (χ1n) is 10.2. The van der Waals surface area contributed by atoms with E-state index in [0.717, 1.165) is 48.7 Å². The summed E-state index contributed by atoms with van der Waals surface area (Å²) < 4.78 is 15.1. The summed E-state index contributed by atoms with van der Waals surface area (Å²) in [6.07, 6.45) is 2.90. The number of fused-ring (bicyclic) bond motifs is 3. The fourth-order valence-electron chi connectivity index (χ4n) is 3.85. The first-order chi connectivity index (χ1) is 15.3. The summed E-state index contributed by atoms with van der Waals surface area (Å²) in [7, 11) is 0. The van der Waals surface area contributed by atoms with Gasteiger partial charge in [-0.2, -0.15) is 4.39 Å². The van der Waals surface area contributed by atoms with Crippen molar-refractivity contribution in [3.05, 3.63) is 54.9 Å². The molecule has 1 N–H and O–H groups in total. The number of halogens is 1. The van der Waals surface area contributed by atoms with Crippen LogP contribution < -0.4 is 10.9 Å². The number of hydrogen-bond donors (Lipinski definition) is 1. The molecule has 1 aromatic carbocycles. The highest BCUT2D eigenvalue weighted by molar-refractivity contribution is 7.99. The molecular formula is C21H21FN4O4S2. The molecule has 0 aliphatic heterocycles. The lowest BCUT2D eigenvalue weighted by atomic mass is 9.89. The van der Waals surface area contributed by atoms with Crippen molar-refractivity contribution in [1.29, 1.82) is 0 Å². The number of thioether (sulfide) groups is 1. The molecule has 8 nitrogen and oxygen atoms in total. The standard InChI is InChI=1S/C21H21FN4O4S2/c1-3-25-20(28)18-13-6-4-11(2)8-16(13)32-19(18)24-21(25)31-10-17(27)23-12-5-7-14(22)15(9-12)26(29)30/h5,7,9,11H,3-4,6,8,10H2,1-2H3,(H,23,27). The molecule has 0 saturated heterocycles. The number of nitro benzene ring substituents is 1. The van der Waals surface area contributed by atoms with Crippen LogP contribution in [0, 0.1) is 21.8 Å². The normalized spacial score (nSPS) is 15.5. The molecule has 168 valence electrons. The Morgan fingerprint density at radius 3 is 2.97 bits per heavy atom. The van der Waals surface area contributed by atoms with Gasteiger partial charge in [-0.15, -0.1) is 11.3 Å². The molecule has 3 aromatic rings. The SMILES string of the molecule is CCn1c(SCC(=O)Nc2ccc(F)c([N+](=O)[O-])c2)nc2sc3c(c2c1=O)CCC(C)C3. The smallest absolute Gasteiger partial charge is 0.306 e. The fourth-order valence-corrected chi connectivity index (χ4v) is 6.14. The number of carbonyl (C=O) groups excluding carboxylic acids is 1. The Hall–Kier alpha value is -2.79. The van der Waals surface area contributed by atoms with Crippen LogP contribution in [0.15, 0.2) is 28.2 Å². The molecule has 11 heteroatoms. The number of carbonyl (C=O) groups is 1. The van der Waals surface area contributed by atoms with E-state index in [2.05, 4.69) is 12.2 Å². The van der Waals surface area contributed by atoms with Crippen molar-refractivity contribution < 1.29 is 14.1 Å². The molecule has 2 heterocycles. The third kappa shape index (κ3) is 4.26. The molecule has 1 unspecified atom stereocenters. The summed E-state index contributed by atoms with van der Waals surface area (Å²) >= 11 is 2.68. The van der Waals surface area contributed by atoms with Crippen LogP contribution >= 0.6 is 23.1 Å². The van der Waals surface area contributed by atoms with Gasteiger partial charge in [-0.25, -0.2) is 4.98 Å². The van der Waals surface area contributed by atoms with Crippen LogP contribution in [0.1, 0.15) is 30.7 Å². The van der Waals surface area contributed by atoms with E-state index in [9.17, 15) is 24.1 Å². The molecule has 1 aliphatic rings. The summed E-state index contributed by atoms with van der Waals surface area (Å²) in [6.45, 7) is 4.50. The number of benzene rings is 1. The zero-order valence-corrected chi connectivity index (χ0v) is 19.1. The van der Waals surface area contributed by atoms with Crippen LogP contribution in [0.25, 0.3) is 10.2 Å². The van der Waals surface area contributed by atoms with E-state index in [1.807, 2.05) is 6.92 Å². The number of thiophene rings is 1. The Morgan fingerprint density at radius 1 is 1.47 bits per heavy atom. The van der Waals surface area contributed by atoms with Crippen molar-refractivity contribution in [3.8, 4) is 0 Å². The van der Waals surface area contributed by atoms with Gasteiger partial charge in [-0.1, -0.05) is 18.7 Å². The molecule has 2 aromatic heterocycles. The van der Waals surface area contributed by atoms with Gasteiger partial charge < -0.3 is 5.32 Å². The minimum Gasteiger partial charge on any atom is -0.325 e. The Bertz CT molecular complexity index is 1290. The topological polar surface area (TPSA) is 107 Å². The molecule has 32 heavy (non-hydrogen) atoms. The minimum absolute atomic E-state index is 0.0504. The van der Waals surface area contributed by atoms with E-state index in [4.69, 9.17) is 4.98 Å². The number of nitrogens with zero attached hydrogens (tertiary/aromatic N) is 3. The molecule has 1 aliphatic carbocycles. The maximum absolute atomic E-state index is 13.5. The van der Waals surface area contributed by atoms with Crippen molar-refractivity contribution in [1.82, 2.24) is 9.55 Å². The van der Waals surface area contributed by atoms with E-state index in [0.29, 0.717) is 27.8 Å². The van der Waals surface area contributed by atoms with Crippen LogP contribution in [-0.4, -0.2) is 26.1 Å². The van der Waals surface area contributed by atoms with Crippen LogP contribution in [0.5, 0.6) is 0 Å². The molecule has 1 amide bonds. The van der Waals surface area contributed by atoms with Gasteiger partial charge in [0.05, 0.1) is 16.1 Å². The Kier molecular flexibility index (Phi) is 6.29. The molecule has 1 atom stereocenters. The van der Waals surface area contributed by atoms with Gasteiger partial charge >= 0.3 is 5.69 Å². The van der Waals surface area contributed by atoms with Crippen LogP contribution in [-0.2, 0) is 24.2 Å². The predicted octanol–water partition coefficient (Wildman–Crippen LogP) is 4.38. The molecule has 0 saturated carbocycles. The Morgan fingerprint density at radius 2 is 2.25 bits per heavy atom. The summed E-state index contributed by atoms with van der Waals surface area (Å²) in [5, 5.41) is 14.6. The fraction of sp³-hybridized carbons (Fsp3) is 0.381. The van der Waals surface area contributed by atoms with Crippen molar-refractivity contribution in [3.63, 3.8) is 0 Å². The highest BCUT2D eigenvalue weighted by Crippen LogP contribution is 2.36.